The van der Waals surface area contributed by atoms with Crippen LogP contribution in [-0.4, -0.2) is 16.0 Å². The Morgan fingerprint density at radius 2 is 2.17 bits per heavy atom. The second-order valence-electron chi connectivity index (χ2n) is 5.37. The fourth-order valence-corrected chi connectivity index (χ4v) is 2.88. The van der Waals surface area contributed by atoms with Gasteiger partial charge in [-0.1, -0.05) is 35.0 Å². The number of nitrogens with one attached hydrogen (secondary N) is 1. The molecule has 0 aliphatic rings. The molecule has 0 unspecified atom stereocenters. The lowest BCUT2D eigenvalue weighted by Crippen LogP contribution is -2.25. The molecular weight excluding hydrogens is 310 g/mol. The van der Waals surface area contributed by atoms with Gasteiger partial charge in [0.25, 0.3) is 0 Å². The lowest BCUT2D eigenvalue weighted by molar-refractivity contribution is -0.120. The van der Waals surface area contributed by atoms with Gasteiger partial charge in [0.15, 0.2) is 0 Å². The minimum atomic E-state index is -0.0606. The van der Waals surface area contributed by atoms with Crippen molar-refractivity contribution in [3.63, 3.8) is 0 Å². The highest BCUT2D eigenvalue weighted by Crippen LogP contribution is 2.21. The van der Waals surface area contributed by atoms with Gasteiger partial charge in [-0.05, 0) is 36.4 Å². The van der Waals surface area contributed by atoms with E-state index in [1.165, 1.54) is 0 Å². The van der Waals surface area contributed by atoms with Crippen LogP contribution >= 0.6 is 11.3 Å². The van der Waals surface area contributed by atoms with Crippen LogP contribution in [0.3, 0.4) is 0 Å². The van der Waals surface area contributed by atoms with E-state index < -0.39 is 0 Å². The van der Waals surface area contributed by atoms with Crippen molar-refractivity contribution in [1.29, 1.82) is 0 Å². The highest BCUT2D eigenvalue weighted by atomic mass is 32.1. The zero-order valence-corrected chi connectivity index (χ0v) is 13.8. The first-order valence-electron chi connectivity index (χ1n) is 7.31. The van der Waals surface area contributed by atoms with Gasteiger partial charge in [-0.25, -0.2) is 0 Å². The van der Waals surface area contributed by atoms with Crippen molar-refractivity contribution in [2.45, 2.75) is 26.8 Å². The maximum Gasteiger partial charge on any atom is 0.246 e. The van der Waals surface area contributed by atoms with E-state index in [1.54, 1.807) is 11.3 Å². The van der Waals surface area contributed by atoms with Gasteiger partial charge in [0.1, 0.15) is 0 Å². The Balaban J connectivity index is 1.58. The number of thiophene rings is 1. The zero-order valence-electron chi connectivity index (χ0n) is 13.0. The summed E-state index contributed by atoms with van der Waals surface area (Å²) >= 11 is 1.55. The Morgan fingerprint density at radius 3 is 2.96 bits per heavy atom. The fourth-order valence-electron chi connectivity index (χ4n) is 2.23. The molecule has 0 fully saturated rings. The summed E-state index contributed by atoms with van der Waals surface area (Å²) in [6, 6.07) is 9.97. The Labute approximate surface area is 138 Å². The van der Waals surface area contributed by atoms with Gasteiger partial charge in [0.2, 0.25) is 17.6 Å². The van der Waals surface area contributed by atoms with Crippen LogP contribution in [0, 0.1) is 13.8 Å². The second kappa shape index (κ2) is 6.75. The molecule has 118 valence electrons. The van der Waals surface area contributed by atoms with Gasteiger partial charge in [-0.3, -0.25) is 4.79 Å². The predicted octanol–water partition coefficient (Wildman–Crippen LogP) is 3.27. The Hall–Kier alpha value is -2.47. The smallest absolute Gasteiger partial charge is 0.246 e. The molecule has 3 rings (SSSR count). The summed E-state index contributed by atoms with van der Waals surface area (Å²) in [6.45, 7) is 4.26. The number of hydrogen-bond donors (Lipinski definition) is 1. The SMILES string of the molecule is Cc1ccc(C)c(CC(=O)NCc2nc(-c3cccs3)no2)c1. The van der Waals surface area contributed by atoms with Crippen molar-refractivity contribution >= 4 is 17.2 Å². The number of aryl methyl sites for hydroxylation is 2. The highest BCUT2D eigenvalue weighted by molar-refractivity contribution is 7.13. The number of benzene rings is 1. The molecule has 2 aromatic heterocycles. The average molecular weight is 327 g/mol. The molecule has 23 heavy (non-hydrogen) atoms. The molecule has 5 nitrogen and oxygen atoms in total. The quantitative estimate of drug-likeness (QED) is 0.781. The van der Waals surface area contributed by atoms with Crippen LogP contribution in [0.15, 0.2) is 40.2 Å². The third kappa shape index (κ3) is 3.84. The van der Waals surface area contributed by atoms with Crippen LogP contribution in [0.5, 0.6) is 0 Å². The summed E-state index contributed by atoms with van der Waals surface area (Å²) in [7, 11) is 0. The van der Waals surface area contributed by atoms with Gasteiger partial charge in [0.05, 0.1) is 17.8 Å². The monoisotopic (exact) mass is 327 g/mol. The van der Waals surface area contributed by atoms with E-state index >= 15 is 0 Å². The van der Waals surface area contributed by atoms with E-state index in [1.807, 2.05) is 49.6 Å². The molecule has 2 heterocycles. The van der Waals surface area contributed by atoms with E-state index in [9.17, 15) is 4.79 Å². The van der Waals surface area contributed by atoms with Crippen LogP contribution < -0.4 is 5.32 Å². The van der Waals surface area contributed by atoms with Gasteiger partial charge in [-0.2, -0.15) is 4.98 Å². The molecule has 0 aliphatic carbocycles. The van der Waals surface area contributed by atoms with Crippen molar-refractivity contribution in [3.8, 4) is 10.7 Å². The predicted molar refractivity (Wildman–Crippen MR) is 89.1 cm³/mol. The maximum atomic E-state index is 12.1. The number of aromatic nitrogens is 2. The van der Waals surface area contributed by atoms with E-state index in [0.29, 0.717) is 18.1 Å². The Morgan fingerprint density at radius 1 is 1.30 bits per heavy atom. The van der Waals surface area contributed by atoms with Crippen molar-refractivity contribution in [2.24, 2.45) is 0 Å². The summed E-state index contributed by atoms with van der Waals surface area (Å²) in [6.07, 6.45) is 0.347. The largest absolute Gasteiger partial charge is 0.347 e. The van der Waals surface area contributed by atoms with E-state index in [-0.39, 0.29) is 12.5 Å². The molecule has 1 N–H and O–H groups in total. The molecule has 0 radical (unpaired) electrons. The van der Waals surface area contributed by atoms with E-state index in [0.717, 1.165) is 21.6 Å². The summed E-state index contributed by atoms with van der Waals surface area (Å²) in [4.78, 5) is 17.3. The first kappa shape index (κ1) is 15.4. The first-order valence-corrected chi connectivity index (χ1v) is 8.19. The molecule has 0 saturated carbocycles. The lowest BCUT2D eigenvalue weighted by atomic mass is 10.0. The second-order valence-corrected chi connectivity index (χ2v) is 6.32. The number of hydrogen-bond acceptors (Lipinski definition) is 5. The van der Waals surface area contributed by atoms with E-state index in [2.05, 4.69) is 15.5 Å². The molecule has 0 bridgehead atoms. The standard InChI is InChI=1S/C17H17N3O2S/c1-11-5-6-12(2)13(8-11)9-15(21)18-10-16-19-17(20-22-16)14-4-3-7-23-14/h3-8H,9-10H2,1-2H3,(H,18,21). The van der Waals surface area contributed by atoms with Crippen LogP contribution in [0.25, 0.3) is 10.7 Å². The summed E-state index contributed by atoms with van der Waals surface area (Å²) in [5, 5.41) is 8.70. The van der Waals surface area contributed by atoms with Crippen LogP contribution in [0.4, 0.5) is 0 Å². The van der Waals surface area contributed by atoms with Crippen molar-refractivity contribution < 1.29 is 9.32 Å². The van der Waals surface area contributed by atoms with Gasteiger partial charge in [-0.15, -0.1) is 11.3 Å². The number of amides is 1. The normalized spacial score (nSPS) is 10.7. The molecule has 1 amide bonds. The first-order chi connectivity index (χ1) is 11.1. The van der Waals surface area contributed by atoms with Crippen LogP contribution in [0.1, 0.15) is 22.6 Å². The molecule has 0 atom stereocenters. The minimum absolute atomic E-state index is 0.0606. The Bertz CT molecular complexity index is 809. The topological polar surface area (TPSA) is 68.0 Å². The summed E-state index contributed by atoms with van der Waals surface area (Å²) in [5.74, 6) is 0.899. The van der Waals surface area contributed by atoms with Crippen LogP contribution in [0.2, 0.25) is 0 Å². The maximum absolute atomic E-state index is 12.1. The van der Waals surface area contributed by atoms with Crippen LogP contribution in [-0.2, 0) is 17.8 Å². The van der Waals surface area contributed by atoms with Gasteiger partial charge < -0.3 is 9.84 Å². The molecule has 0 aliphatic heterocycles. The molecule has 3 aromatic rings. The molecule has 0 spiro atoms. The number of carbonyl (C=O) groups excluding carboxylic acids is 1. The lowest BCUT2D eigenvalue weighted by Gasteiger charge is -2.07. The molecule has 6 heteroatoms. The molecule has 1 aromatic carbocycles. The molecule has 0 saturated heterocycles. The average Bonchev–Trinajstić information content (AvgIpc) is 3.19. The van der Waals surface area contributed by atoms with E-state index in [4.69, 9.17) is 4.52 Å². The summed E-state index contributed by atoms with van der Waals surface area (Å²) < 4.78 is 5.16. The molecular formula is C17H17N3O2S. The van der Waals surface area contributed by atoms with Crippen molar-refractivity contribution in [1.82, 2.24) is 15.5 Å². The van der Waals surface area contributed by atoms with Crippen molar-refractivity contribution in [3.05, 3.63) is 58.3 Å². The number of carbonyl (C=O) groups is 1. The Kier molecular flexibility index (Phi) is 4.52. The van der Waals surface area contributed by atoms with Gasteiger partial charge in [0, 0.05) is 0 Å². The third-order valence-corrected chi connectivity index (χ3v) is 4.37. The van der Waals surface area contributed by atoms with Gasteiger partial charge >= 0.3 is 0 Å². The number of rotatable bonds is 5. The minimum Gasteiger partial charge on any atom is -0.347 e. The summed E-state index contributed by atoms with van der Waals surface area (Å²) in [5.41, 5.74) is 3.30. The fraction of sp³-hybridized carbons (Fsp3) is 0.235. The highest BCUT2D eigenvalue weighted by Gasteiger charge is 2.11. The third-order valence-electron chi connectivity index (χ3n) is 3.50. The van der Waals surface area contributed by atoms with Crippen molar-refractivity contribution in [2.75, 3.05) is 0 Å². The number of nitrogens with zero attached hydrogens (tertiary/aromatic N) is 2. The zero-order chi connectivity index (χ0) is 16.2.